The van der Waals surface area contributed by atoms with Crippen molar-refractivity contribution in [2.75, 3.05) is 19.7 Å². The lowest BCUT2D eigenvalue weighted by molar-refractivity contribution is -0.144. The van der Waals surface area contributed by atoms with Crippen molar-refractivity contribution < 1.29 is 9.53 Å². The minimum atomic E-state index is -0.0982. The zero-order valence-corrected chi connectivity index (χ0v) is 12.9. The van der Waals surface area contributed by atoms with Gasteiger partial charge in [0.15, 0.2) is 0 Å². The van der Waals surface area contributed by atoms with Gasteiger partial charge >= 0.3 is 5.97 Å². The van der Waals surface area contributed by atoms with Crippen LogP contribution in [-0.2, 0) is 9.53 Å². The lowest BCUT2D eigenvalue weighted by Crippen LogP contribution is -2.27. The Labute approximate surface area is 120 Å². The van der Waals surface area contributed by atoms with Crippen LogP contribution in [0.3, 0.4) is 0 Å². The van der Waals surface area contributed by atoms with Gasteiger partial charge in [-0.25, -0.2) is 0 Å². The molecule has 1 saturated heterocycles. The summed E-state index contributed by atoms with van der Waals surface area (Å²) in [5.74, 6) is -0.0982. The SMILES string of the molecule is CCOC(=O)CC(c1cc(Br)cs1)N1CCCC1. The first kappa shape index (κ1) is 14.0. The topological polar surface area (TPSA) is 29.5 Å². The van der Waals surface area contributed by atoms with Crippen LogP contribution in [0.4, 0.5) is 0 Å². The number of thiophene rings is 1. The van der Waals surface area contributed by atoms with Crippen molar-refractivity contribution in [2.24, 2.45) is 0 Å². The van der Waals surface area contributed by atoms with Crippen LogP contribution < -0.4 is 0 Å². The zero-order valence-electron chi connectivity index (χ0n) is 10.5. The summed E-state index contributed by atoms with van der Waals surface area (Å²) >= 11 is 5.19. The van der Waals surface area contributed by atoms with Crippen LogP contribution in [0.25, 0.3) is 0 Å². The standard InChI is InChI=1S/C13H18BrNO2S/c1-2-17-13(16)8-11(15-5-3-4-6-15)12-7-10(14)9-18-12/h7,9,11H,2-6,8H2,1H3. The van der Waals surface area contributed by atoms with Crippen molar-refractivity contribution in [2.45, 2.75) is 32.2 Å². The molecule has 1 aliphatic heterocycles. The van der Waals surface area contributed by atoms with E-state index in [1.165, 1.54) is 17.7 Å². The van der Waals surface area contributed by atoms with Crippen molar-refractivity contribution in [3.63, 3.8) is 0 Å². The fourth-order valence-electron chi connectivity index (χ4n) is 2.34. The van der Waals surface area contributed by atoms with E-state index in [0.717, 1.165) is 17.6 Å². The van der Waals surface area contributed by atoms with Gasteiger partial charge in [-0.05, 0) is 54.9 Å². The third-order valence-corrected chi connectivity index (χ3v) is 4.96. The number of hydrogen-bond acceptors (Lipinski definition) is 4. The molecule has 18 heavy (non-hydrogen) atoms. The monoisotopic (exact) mass is 331 g/mol. The number of rotatable bonds is 5. The van der Waals surface area contributed by atoms with Gasteiger partial charge in [-0.3, -0.25) is 9.69 Å². The first-order chi connectivity index (χ1) is 8.70. The van der Waals surface area contributed by atoms with Gasteiger partial charge in [-0.15, -0.1) is 11.3 Å². The molecule has 1 fully saturated rings. The van der Waals surface area contributed by atoms with Crippen molar-refractivity contribution in [1.29, 1.82) is 0 Å². The molecule has 0 bridgehead atoms. The summed E-state index contributed by atoms with van der Waals surface area (Å²) in [5, 5.41) is 2.07. The summed E-state index contributed by atoms with van der Waals surface area (Å²) < 4.78 is 6.18. The van der Waals surface area contributed by atoms with E-state index in [0.29, 0.717) is 13.0 Å². The highest BCUT2D eigenvalue weighted by Gasteiger charge is 2.27. The predicted molar refractivity (Wildman–Crippen MR) is 76.8 cm³/mol. The Kier molecular flexibility index (Phi) is 5.21. The molecule has 1 atom stereocenters. The average molecular weight is 332 g/mol. The van der Waals surface area contributed by atoms with Gasteiger partial charge in [-0.2, -0.15) is 0 Å². The van der Waals surface area contributed by atoms with E-state index < -0.39 is 0 Å². The predicted octanol–water partition coefficient (Wildman–Crippen LogP) is 3.60. The number of halogens is 1. The van der Waals surface area contributed by atoms with Crippen LogP contribution in [0.2, 0.25) is 0 Å². The van der Waals surface area contributed by atoms with Crippen LogP contribution in [0.5, 0.6) is 0 Å². The van der Waals surface area contributed by atoms with Crippen molar-refractivity contribution in [3.8, 4) is 0 Å². The van der Waals surface area contributed by atoms with Gasteiger partial charge in [0, 0.05) is 14.7 Å². The first-order valence-corrected chi connectivity index (χ1v) is 8.01. The Hall–Kier alpha value is -0.390. The first-order valence-electron chi connectivity index (χ1n) is 6.34. The van der Waals surface area contributed by atoms with E-state index in [2.05, 4.69) is 32.3 Å². The molecule has 0 N–H and O–H groups in total. The molecule has 0 radical (unpaired) electrons. The maximum atomic E-state index is 11.7. The van der Waals surface area contributed by atoms with E-state index in [-0.39, 0.29) is 12.0 Å². The molecule has 1 unspecified atom stereocenters. The van der Waals surface area contributed by atoms with Gasteiger partial charge in [0.1, 0.15) is 0 Å². The van der Waals surface area contributed by atoms with E-state index >= 15 is 0 Å². The molecule has 1 aromatic heterocycles. The number of ether oxygens (including phenoxy) is 1. The van der Waals surface area contributed by atoms with Crippen molar-refractivity contribution >= 4 is 33.2 Å². The zero-order chi connectivity index (χ0) is 13.0. The van der Waals surface area contributed by atoms with Gasteiger partial charge in [-0.1, -0.05) is 0 Å². The summed E-state index contributed by atoms with van der Waals surface area (Å²) in [6.45, 7) is 4.48. The largest absolute Gasteiger partial charge is 0.466 e. The second kappa shape index (κ2) is 6.68. The molecule has 5 heteroatoms. The number of nitrogens with zero attached hydrogens (tertiary/aromatic N) is 1. The molecular formula is C13H18BrNO2S. The molecule has 0 spiro atoms. The highest BCUT2D eigenvalue weighted by molar-refractivity contribution is 9.10. The minimum absolute atomic E-state index is 0.0982. The smallest absolute Gasteiger partial charge is 0.307 e. The number of carbonyl (C=O) groups is 1. The second-order valence-corrected chi connectivity index (χ2v) is 6.29. The minimum Gasteiger partial charge on any atom is -0.466 e. The molecule has 3 nitrogen and oxygen atoms in total. The normalized spacial score (nSPS) is 17.9. The quantitative estimate of drug-likeness (QED) is 0.772. The van der Waals surface area contributed by atoms with E-state index in [1.54, 1.807) is 11.3 Å². The van der Waals surface area contributed by atoms with Gasteiger partial charge in [0.05, 0.1) is 19.1 Å². The van der Waals surface area contributed by atoms with Crippen molar-refractivity contribution in [1.82, 2.24) is 4.90 Å². The number of esters is 1. The molecule has 2 rings (SSSR count). The molecule has 1 aromatic rings. The number of hydrogen-bond donors (Lipinski definition) is 0. The highest BCUT2D eigenvalue weighted by atomic mass is 79.9. The van der Waals surface area contributed by atoms with Crippen LogP contribution in [0.15, 0.2) is 15.9 Å². The van der Waals surface area contributed by atoms with E-state index in [1.807, 2.05) is 6.92 Å². The molecular weight excluding hydrogens is 314 g/mol. The van der Waals surface area contributed by atoms with Crippen molar-refractivity contribution in [3.05, 3.63) is 20.8 Å². The fraction of sp³-hybridized carbons (Fsp3) is 0.615. The van der Waals surface area contributed by atoms with Crippen LogP contribution in [0, 0.1) is 0 Å². The molecule has 0 saturated carbocycles. The maximum absolute atomic E-state index is 11.7. The molecule has 100 valence electrons. The maximum Gasteiger partial charge on any atom is 0.307 e. The van der Waals surface area contributed by atoms with Gasteiger partial charge in [0.2, 0.25) is 0 Å². The van der Waals surface area contributed by atoms with E-state index in [9.17, 15) is 4.79 Å². The van der Waals surface area contributed by atoms with E-state index in [4.69, 9.17) is 4.74 Å². The van der Waals surface area contributed by atoms with Crippen LogP contribution in [-0.4, -0.2) is 30.6 Å². The molecule has 0 aromatic carbocycles. The Morgan fingerprint density at radius 2 is 2.28 bits per heavy atom. The number of likely N-dealkylation sites (tertiary alicyclic amines) is 1. The van der Waals surface area contributed by atoms with Gasteiger partial charge < -0.3 is 4.74 Å². The Balaban J connectivity index is 2.09. The third kappa shape index (κ3) is 3.56. The summed E-state index contributed by atoms with van der Waals surface area (Å²) in [4.78, 5) is 15.4. The lowest BCUT2D eigenvalue weighted by Gasteiger charge is -2.25. The summed E-state index contributed by atoms with van der Waals surface area (Å²) in [6, 6.07) is 2.30. The Bertz CT molecular complexity index is 401. The highest BCUT2D eigenvalue weighted by Crippen LogP contribution is 2.34. The fourth-order valence-corrected chi connectivity index (χ4v) is 3.92. The molecule has 2 heterocycles. The Morgan fingerprint density at radius 1 is 1.56 bits per heavy atom. The Morgan fingerprint density at radius 3 is 2.83 bits per heavy atom. The number of carbonyl (C=O) groups excluding carboxylic acids is 1. The molecule has 0 amide bonds. The lowest BCUT2D eigenvalue weighted by atomic mass is 10.1. The average Bonchev–Trinajstić information content (AvgIpc) is 2.97. The molecule has 1 aliphatic rings. The third-order valence-electron chi connectivity index (χ3n) is 3.16. The summed E-state index contributed by atoms with van der Waals surface area (Å²) in [5.41, 5.74) is 0. The molecule has 0 aliphatic carbocycles. The van der Waals surface area contributed by atoms with Crippen LogP contribution >= 0.6 is 27.3 Å². The van der Waals surface area contributed by atoms with Gasteiger partial charge in [0.25, 0.3) is 0 Å². The summed E-state index contributed by atoms with van der Waals surface area (Å²) in [7, 11) is 0. The van der Waals surface area contributed by atoms with Crippen LogP contribution in [0.1, 0.15) is 37.1 Å². The second-order valence-electron chi connectivity index (χ2n) is 4.44. The summed E-state index contributed by atoms with van der Waals surface area (Å²) in [6.07, 6.45) is 2.92.